The Labute approximate surface area is 256 Å². The summed E-state index contributed by atoms with van der Waals surface area (Å²) < 4.78 is 63.9. The van der Waals surface area contributed by atoms with Crippen LogP contribution in [0.3, 0.4) is 0 Å². The van der Waals surface area contributed by atoms with E-state index in [1.54, 1.807) is 0 Å². The van der Waals surface area contributed by atoms with Gasteiger partial charge in [0, 0.05) is 10.4 Å². The molecule has 8 nitrogen and oxygen atoms in total. The van der Waals surface area contributed by atoms with Gasteiger partial charge >= 0.3 is 56.7 Å². The normalized spacial score (nSPS) is 11.6. The van der Waals surface area contributed by atoms with Gasteiger partial charge in [-0.15, -0.1) is 0 Å². The predicted molar refractivity (Wildman–Crippen MR) is 142 cm³/mol. The number of unbranched alkanes of at least 4 members (excludes halogenated alkanes) is 15. The van der Waals surface area contributed by atoms with Crippen LogP contribution in [0.1, 0.15) is 136 Å². The molecule has 0 aliphatic rings. The van der Waals surface area contributed by atoms with Crippen molar-refractivity contribution in [1.82, 2.24) is 0 Å². The van der Waals surface area contributed by atoms with Crippen LogP contribution in [0.4, 0.5) is 0 Å². The number of hydrogen-bond acceptors (Lipinski definition) is 8. The molecule has 0 N–H and O–H groups in total. The van der Waals surface area contributed by atoms with E-state index in [-0.39, 0.29) is 48.9 Å². The molecule has 0 radical (unpaired) electrons. The molecule has 0 rings (SSSR count). The van der Waals surface area contributed by atoms with Crippen molar-refractivity contribution in [3.63, 3.8) is 0 Å². The van der Waals surface area contributed by atoms with E-state index in [1.165, 1.54) is 77.0 Å². The van der Waals surface area contributed by atoms with Crippen molar-refractivity contribution in [2.24, 2.45) is 0 Å². The van der Waals surface area contributed by atoms with Crippen LogP contribution in [0.5, 0.6) is 0 Å². The first kappa shape index (κ1) is 41.0. The van der Waals surface area contributed by atoms with Gasteiger partial charge in [-0.25, -0.2) is 4.57 Å². The zero-order valence-corrected chi connectivity index (χ0v) is 28.8. The zero-order valence-electron chi connectivity index (χ0n) is 22.7. The van der Waals surface area contributed by atoms with E-state index >= 15 is 0 Å². The summed E-state index contributed by atoms with van der Waals surface area (Å²) in [6.45, 7) is 8.08. The molecule has 0 aromatic rings. The molecular weight excluding hydrogens is 617 g/mol. The monoisotopic (exact) mass is 668 g/mol. The fourth-order valence-corrected chi connectivity index (χ4v) is 4.57. The van der Waals surface area contributed by atoms with Gasteiger partial charge in [0.1, 0.15) is 0 Å². The van der Waals surface area contributed by atoms with Crippen LogP contribution in [0.25, 0.3) is 0 Å². The van der Waals surface area contributed by atoms with E-state index in [1.807, 2.05) is 0 Å². The van der Waals surface area contributed by atoms with Crippen LogP contribution in [0, 0.1) is 0 Å². The fourth-order valence-electron chi connectivity index (χ4n) is 3.29. The topological polar surface area (TPSA) is 125 Å². The van der Waals surface area contributed by atoms with Crippen molar-refractivity contribution in [3.8, 4) is 0 Å². The third kappa shape index (κ3) is 40.2. The van der Waals surface area contributed by atoms with E-state index in [9.17, 15) is 4.57 Å². The van der Waals surface area contributed by atoms with E-state index in [4.69, 9.17) is 31.1 Å². The van der Waals surface area contributed by atoms with Crippen LogP contribution < -0.4 is 0 Å². The Morgan fingerprint density at radius 2 is 0.714 bits per heavy atom. The Balaban J connectivity index is -0.00000154. The number of hydrogen-bond donors (Lipinski definition) is 0. The summed E-state index contributed by atoms with van der Waals surface area (Å²) in [7, 11) is -8.57. The van der Waals surface area contributed by atoms with Crippen molar-refractivity contribution in [3.05, 3.63) is 0 Å². The molecule has 208 valence electrons. The molecule has 0 aromatic carbocycles. The Bertz CT molecular complexity index is 503. The maximum atomic E-state index is 13.0. The summed E-state index contributed by atoms with van der Waals surface area (Å²) in [4.78, 5) is 0. The maximum absolute atomic E-state index is 13.0. The Hall–Kier alpha value is 1.55. The molecule has 35 heavy (non-hydrogen) atoms. The predicted octanol–water partition coefficient (Wildman–Crippen LogP) is 7.51. The largest absolute Gasteiger partial charge is 2.00 e. The quantitative estimate of drug-likeness (QED) is 0.0341. The molecular formula is C24H51BaO8PS. The van der Waals surface area contributed by atoms with Crippen LogP contribution in [0.15, 0.2) is 0 Å². The van der Waals surface area contributed by atoms with Gasteiger partial charge in [0.2, 0.25) is 0 Å². The van der Waals surface area contributed by atoms with Crippen molar-refractivity contribution in [1.29, 1.82) is 0 Å². The zero-order chi connectivity index (χ0) is 26.0. The minimum absolute atomic E-state index is 0. The van der Waals surface area contributed by atoms with Gasteiger partial charge in [-0.1, -0.05) is 117 Å². The third-order valence-electron chi connectivity index (χ3n) is 5.24. The molecule has 0 unspecified atom stereocenters. The van der Waals surface area contributed by atoms with Gasteiger partial charge in [0.15, 0.2) is 0 Å². The third-order valence-corrected chi connectivity index (χ3v) is 6.74. The van der Waals surface area contributed by atoms with Crippen LogP contribution in [-0.2, 0) is 28.5 Å². The fraction of sp³-hybridized carbons (Fsp3) is 1.00. The summed E-state index contributed by atoms with van der Waals surface area (Å²) in [6.07, 6.45) is 21.3. The second-order valence-electron chi connectivity index (χ2n) is 8.66. The maximum Gasteiger partial charge on any atom is 2.00 e. The second kappa shape index (κ2) is 30.1. The molecule has 0 amide bonds. The van der Waals surface area contributed by atoms with E-state index in [2.05, 4.69) is 20.8 Å². The van der Waals surface area contributed by atoms with Gasteiger partial charge in [-0.2, -0.15) is 0 Å². The van der Waals surface area contributed by atoms with Gasteiger partial charge in [-0.3, -0.25) is 22.0 Å². The van der Waals surface area contributed by atoms with Crippen LogP contribution in [-0.4, -0.2) is 86.2 Å². The average molecular weight is 668 g/mol. The number of phosphoric ester groups is 1. The first-order chi connectivity index (χ1) is 16.2. The van der Waals surface area contributed by atoms with Crippen molar-refractivity contribution in [2.75, 3.05) is 19.8 Å². The first-order valence-corrected chi connectivity index (χ1v) is 16.2. The first-order valence-electron chi connectivity index (χ1n) is 13.4. The van der Waals surface area contributed by atoms with E-state index in [0.717, 1.165) is 38.5 Å². The second-order valence-corrected chi connectivity index (χ2v) is 11.1. The summed E-state index contributed by atoms with van der Waals surface area (Å²) >= 11 is 0. The summed E-state index contributed by atoms with van der Waals surface area (Å²) in [5.41, 5.74) is 0. The van der Waals surface area contributed by atoms with Crippen molar-refractivity contribution in [2.45, 2.75) is 136 Å². The minimum atomic E-state index is -5.17. The SMILES string of the molecule is CCCCCCCCOP(=O)(OCCCCCCCC)OCCCCCCCC.O=S(=O)([O-])[O-].[Ba+2]. The molecule has 0 saturated heterocycles. The minimum Gasteiger partial charge on any atom is -0.759 e. The molecule has 0 atom stereocenters. The molecule has 0 aliphatic heterocycles. The number of rotatable bonds is 24. The van der Waals surface area contributed by atoms with Gasteiger partial charge in [0.25, 0.3) is 0 Å². The molecule has 0 fully saturated rings. The Kier molecular flexibility index (Phi) is 35.3. The molecule has 0 spiro atoms. The molecule has 0 saturated carbocycles. The summed E-state index contributed by atoms with van der Waals surface area (Å²) in [6, 6.07) is 0. The average Bonchev–Trinajstić information content (AvgIpc) is 2.76. The smallest absolute Gasteiger partial charge is 0.759 e. The standard InChI is InChI=1S/C24H51O4P.Ba.H2O4S/c1-4-7-10-13-16-19-22-26-29(25,27-23-20-17-14-11-8-5-2)28-24-21-18-15-12-9-6-3;;1-5(2,3)4/h4-24H2,1-3H3;;(H2,1,2,3,4)/q;+2;/p-2. The van der Waals surface area contributed by atoms with Crippen LogP contribution >= 0.6 is 7.82 Å². The molecule has 0 bridgehead atoms. The number of phosphoric acid groups is 1. The summed E-state index contributed by atoms with van der Waals surface area (Å²) in [5, 5.41) is 0. The van der Waals surface area contributed by atoms with Crippen molar-refractivity contribution >= 4 is 67.1 Å². The van der Waals surface area contributed by atoms with Crippen LogP contribution in [0.2, 0.25) is 0 Å². The van der Waals surface area contributed by atoms with E-state index in [0.29, 0.717) is 19.8 Å². The van der Waals surface area contributed by atoms with Gasteiger partial charge in [-0.05, 0) is 19.3 Å². The molecule has 11 heteroatoms. The molecule has 0 heterocycles. The van der Waals surface area contributed by atoms with E-state index < -0.39 is 18.2 Å². The van der Waals surface area contributed by atoms with Gasteiger partial charge < -0.3 is 9.11 Å². The summed E-state index contributed by atoms with van der Waals surface area (Å²) in [5.74, 6) is 0. The Morgan fingerprint density at radius 3 is 0.943 bits per heavy atom. The van der Waals surface area contributed by atoms with Crippen molar-refractivity contribution < 1.29 is 35.7 Å². The molecule has 0 aliphatic carbocycles. The molecule has 0 aromatic heterocycles. The van der Waals surface area contributed by atoms with Gasteiger partial charge in [0.05, 0.1) is 19.8 Å². The Morgan fingerprint density at radius 1 is 0.514 bits per heavy atom.